The van der Waals surface area contributed by atoms with E-state index in [9.17, 15) is 0 Å². The smallest absolute Gasteiger partial charge is 0.907 e. The Morgan fingerprint density at radius 1 is 0.600 bits per heavy atom. The predicted octanol–water partition coefficient (Wildman–Crippen LogP) is -17.0. The minimum atomic E-state index is -2.92. The van der Waals surface area contributed by atoms with Crippen molar-refractivity contribution in [3.05, 3.63) is 0 Å². The van der Waals surface area contributed by atoms with Crippen LogP contribution < -0.4 is 69.7 Å². The zero-order chi connectivity index (χ0) is 14.3. The van der Waals surface area contributed by atoms with E-state index in [2.05, 4.69) is 0 Å². The van der Waals surface area contributed by atoms with Crippen LogP contribution in [-0.4, -0.2) is 144 Å². The summed E-state index contributed by atoms with van der Waals surface area (Å²) >= 11 is 0. The van der Waals surface area contributed by atoms with Crippen LogP contribution in [0.25, 0.3) is 0 Å². The molecule has 0 aromatic carbocycles. The van der Waals surface area contributed by atoms with Gasteiger partial charge < -0.3 is 60.3 Å². The van der Waals surface area contributed by atoms with Gasteiger partial charge in [-0.05, 0) is 0 Å². The maximum absolute atomic E-state index is 8.53. The summed E-state index contributed by atoms with van der Waals surface area (Å²) in [5.74, 6) is 0. The first kappa shape index (κ1) is 50.0. The molecule has 0 bridgehead atoms. The first-order valence-electron chi connectivity index (χ1n) is 2.92. The van der Waals surface area contributed by atoms with Crippen LogP contribution in [0, 0.1) is 49.4 Å². The SMILES string of the molecule is OB(O)O.[Ba+2].[Eu+3].[Na+].[O-]B([O-])O.[O-]B([O-])[O-].[O-]B([O-])[O-].[Sr+2]. The van der Waals surface area contributed by atoms with Gasteiger partial charge in [0.25, 0.3) is 0 Å². The van der Waals surface area contributed by atoms with Crippen LogP contribution in [-0.2, 0) is 0 Å². The van der Waals surface area contributed by atoms with Crippen molar-refractivity contribution in [3.63, 3.8) is 0 Å². The van der Waals surface area contributed by atoms with Gasteiger partial charge in [0.2, 0.25) is 0 Å². The molecule has 0 aromatic heterocycles. The summed E-state index contributed by atoms with van der Waals surface area (Å²) in [7, 11) is -10.7. The fraction of sp³-hybridized carbons (Fsp3) is 0. The van der Waals surface area contributed by atoms with Crippen molar-refractivity contribution in [2.45, 2.75) is 0 Å². The Hall–Kier alpha value is 5.42. The second-order valence-corrected chi connectivity index (χ2v) is 1.23. The molecule has 0 aliphatic carbocycles. The van der Waals surface area contributed by atoms with E-state index in [1.807, 2.05) is 0 Å². The van der Waals surface area contributed by atoms with Crippen LogP contribution in [0.5, 0.6) is 0 Å². The maximum atomic E-state index is 8.53. The zero-order valence-corrected chi connectivity index (χ0v) is 22.5. The van der Waals surface area contributed by atoms with Crippen LogP contribution in [0.4, 0.5) is 0 Å². The van der Waals surface area contributed by atoms with Crippen LogP contribution >= 0.6 is 0 Å². The third-order valence-electron chi connectivity index (χ3n) is 0. The van der Waals surface area contributed by atoms with E-state index < -0.39 is 29.3 Å². The average molecular weight is 639 g/mol. The molecule has 0 fully saturated rings. The van der Waals surface area contributed by atoms with Gasteiger partial charge in [-0.3, -0.25) is 14.6 Å². The third kappa shape index (κ3) is 401. The largest absolute Gasteiger partial charge is 3.00 e. The molecule has 0 saturated heterocycles. The third-order valence-corrected chi connectivity index (χ3v) is 0. The Labute approximate surface area is 256 Å². The maximum Gasteiger partial charge on any atom is 3.00 e. The van der Waals surface area contributed by atoms with Crippen LogP contribution in [0.2, 0.25) is 0 Å². The summed E-state index contributed by atoms with van der Waals surface area (Å²) < 4.78 is 0. The van der Waals surface area contributed by atoms with Crippen LogP contribution in [0.3, 0.4) is 0 Å². The summed E-state index contributed by atoms with van der Waals surface area (Å²) in [6.07, 6.45) is 0. The molecule has 0 rings (SSSR count). The molecule has 0 radical (unpaired) electrons. The van der Waals surface area contributed by atoms with Gasteiger partial charge in [0.05, 0.1) is 7.32 Å². The van der Waals surface area contributed by atoms with Crippen molar-refractivity contribution in [3.8, 4) is 0 Å². The van der Waals surface area contributed by atoms with E-state index in [1.54, 1.807) is 0 Å². The molecule has 0 spiro atoms. The van der Waals surface area contributed by atoms with Gasteiger partial charge >= 0.3 is 181 Å². The summed E-state index contributed by atoms with van der Waals surface area (Å²) in [5, 5.41) is 96.0. The van der Waals surface area contributed by atoms with Crippen LogP contribution in [0.1, 0.15) is 0 Å². The van der Waals surface area contributed by atoms with Crippen molar-refractivity contribution in [2.75, 3.05) is 0 Å². The Bertz CT molecular complexity index is 78.4. The Morgan fingerprint density at radius 3 is 0.600 bits per heavy atom. The molecule has 20 heavy (non-hydrogen) atoms. The number of hydrogen-bond acceptors (Lipinski definition) is 12. The summed E-state index contributed by atoms with van der Waals surface area (Å²) in [5.41, 5.74) is 0. The van der Waals surface area contributed by atoms with Gasteiger partial charge in [-0.15, -0.1) is 0 Å². The number of hydrogen-bond donors (Lipinski definition) is 4. The molecular weight excluding hydrogens is 635 g/mol. The second-order valence-electron chi connectivity index (χ2n) is 1.23. The molecule has 0 saturated carbocycles. The monoisotopic (exact) mass is 642 g/mol. The fourth-order valence-corrected chi connectivity index (χ4v) is 0. The Balaban J connectivity index is -0.0000000150. The molecule has 0 atom stereocenters. The first-order chi connectivity index (χ1) is 6.93. The molecule has 0 aliphatic rings. The van der Waals surface area contributed by atoms with E-state index in [4.69, 9.17) is 60.3 Å². The molecule has 0 aliphatic heterocycles. The molecule has 4 N–H and O–H groups in total. The van der Waals surface area contributed by atoms with E-state index >= 15 is 0 Å². The molecule has 0 amide bonds. The van der Waals surface area contributed by atoms with E-state index in [1.165, 1.54) is 0 Å². The van der Waals surface area contributed by atoms with Gasteiger partial charge in [-0.25, -0.2) is 0 Å². The quantitative estimate of drug-likeness (QED) is 0.180. The van der Waals surface area contributed by atoms with Crippen molar-refractivity contribution in [1.29, 1.82) is 0 Å². The standard InChI is InChI=1S/BH3O3.BHO3.2BO3.Ba.Eu.Na.Sr/c4*2-1(3)4;;;;/h2-4H;2H;;;;;;/q;-2;2*-3;+2;+3;+1;+2. The van der Waals surface area contributed by atoms with Gasteiger partial charge in [-0.2, -0.15) is 0 Å². The van der Waals surface area contributed by atoms with Crippen molar-refractivity contribution < 1.29 is 139 Å². The second kappa shape index (κ2) is 44.1. The Kier molecular flexibility index (Phi) is 110. The first-order valence-corrected chi connectivity index (χ1v) is 2.92. The summed E-state index contributed by atoms with van der Waals surface area (Å²) in [4.78, 5) is 0. The fourth-order valence-electron chi connectivity index (χ4n) is 0. The van der Waals surface area contributed by atoms with Crippen molar-refractivity contribution >= 4 is 124 Å². The zero-order valence-electron chi connectivity index (χ0n) is 10.2. The molecule has 0 heterocycles. The molecule has 12 nitrogen and oxygen atoms in total. The minimum Gasteiger partial charge on any atom is -0.907 e. The molecule has 20 heteroatoms. The van der Waals surface area contributed by atoms with Gasteiger partial charge in [0.1, 0.15) is 0 Å². The molecular formula is H4B4BaEuNaO12Sr. The predicted molar refractivity (Wildman–Crippen MR) is 43.4 cm³/mol. The van der Waals surface area contributed by atoms with Gasteiger partial charge in [0.15, 0.2) is 0 Å². The van der Waals surface area contributed by atoms with E-state index in [0.29, 0.717) is 0 Å². The normalized spacial score (nSPS) is 5.40. The van der Waals surface area contributed by atoms with Gasteiger partial charge in [0, 0.05) is 0 Å². The minimum absolute atomic E-state index is 0. The van der Waals surface area contributed by atoms with E-state index in [0.717, 1.165) is 0 Å². The Morgan fingerprint density at radius 2 is 0.600 bits per heavy atom. The van der Waals surface area contributed by atoms with Crippen molar-refractivity contribution in [1.82, 2.24) is 0 Å². The van der Waals surface area contributed by atoms with Gasteiger partial charge in [-0.1, -0.05) is 0 Å². The van der Waals surface area contributed by atoms with E-state index in [-0.39, 0.29) is 173 Å². The summed E-state index contributed by atoms with van der Waals surface area (Å²) in [6.45, 7) is 0. The molecule has 0 aromatic rings. The molecule has 0 unspecified atom stereocenters. The topological polar surface area (TPSA) is 265 Å². The average Bonchev–Trinajstić information content (AvgIpc) is 1.76. The molecule has 100 valence electrons. The van der Waals surface area contributed by atoms with Crippen LogP contribution in [0.15, 0.2) is 0 Å². The summed E-state index contributed by atoms with van der Waals surface area (Å²) in [6, 6.07) is 0. The van der Waals surface area contributed by atoms with Crippen molar-refractivity contribution in [2.24, 2.45) is 0 Å². The number of rotatable bonds is 0.